The number of ether oxygens (including phenoxy) is 1. The lowest BCUT2D eigenvalue weighted by atomic mass is 10.1. The minimum atomic E-state index is -3.67. The van der Waals surface area contributed by atoms with Crippen molar-refractivity contribution in [2.75, 3.05) is 39.8 Å². The number of carbonyl (C=O) groups is 1. The molecule has 150 valence electrons. The van der Waals surface area contributed by atoms with Crippen molar-refractivity contribution in [3.63, 3.8) is 0 Å². The van der Waals surface area contributed by atoms with Gasteiger partial charge in [-0.05, 0) is 50.4 Å². The molecule has 27 heavy (non-hydrogen) atoms. The number of hydrogen-bond donors (Lipinski definition) is 1. The number of methoxy groups -OCH3 is 1. The second kappa shape index (κ2) is 8.58. The lowest BCUT2D eigenvalue weighted by Crippen LogP contribution is -2.42. The van der Waals surface area contributed by atoms with Crippen molar-refractivity contribution in [1.82, 2.24) is 14.5 Å². The maximum atomic E-state index is 13.2. The first-order valence-electron chi connectivity index (χ1n) is 9.69. The summed E-state index contributed by atoms with van der Waals surface area (Å²) >= 11 is 0. The van der Waals surface area contributed by atoms with E-state index in [0.717, 1.165) is 38.8 Å². The number of sulfonamides is 1. The molecule has 0 aliphatic carbocycles. The highest BCUT2D eigenvalue weighted by Gasteiger charge is 2.32. The smallest absolute Gasteiger partial charge is 0.254 e. The highest BCUT2D eigenvalue weighted by molar-refractivity contribution is 7.89. The maximum absolute atomic E-state index is 13.2. The lowest BCUT2D eigenvalue weighted by molar-refractivity contribution is 0.0692. The molecule has 1 atom stereocenters. The molecule has 3 rings (SSSR count). The van der Waals surface area contributed by atoms with Crippen LogP contribution in [0.25, 0.3) is 0 Å². The zero-order valence-corrected chi connectivity index (χ0v) is 16.9. The van der Waals surface area contributed by atoms with Crippen molar-refractivity contribution >= 4 is 15.9 Å². The Morgan fingerprint density at radius 2 is 2.07 bits per heavy atom. The number of benzene rings is 1. The fourth-order valence-electron chi connectivity index (χ4n) is 3.84. The van der Waals surface area contributed by atoms with E-state index in [-0.39, 0.29) is 22.6 Å². The predicted octanol–water partition coefficient (Wildman–Crippen LogP) is 1.69. The van der Waals surface area contributed by atoms with Crippen molar-refractivity contribution in [1.29, 1.82) is 0 Å². The van der Waals surface area contributed by atoms with Gasteiger partial charge in [0.05, 0.1) is 7.11 Å². The Morgan fingerprint density at radius 3 is 2.67 bits per heavy atom. The van der Waals surface area contributed by atoms with E-state index in [1.807, 2.05) is 11.8 Å². The summed E-state index contributed by atoms with van der Waals surface area (Å²) < 4.78 is 32.9. The molecule has 2 heterocycles. The molecule has 2 fully saturated rings. The first-order chi connectivity index (χ1) is 13.0. The Morgan fingerprint density at radius 1 is 1.33 bits per heavy atom. The van der Waals surface area contributed by atoms with Gasteiger partial charge in [-0.1, -0.05) is 6.92 Å². The average molecular weight is 396 g/mol. The third-order valence-electron chi connectivity index (χ3n) is 5.29. The normalized spacial score (nSPS) is 20.7. The van der Waals surface area contributed by atoms with Crippen LogP contribution in [0.1, 0.15) is 43.0 Å². The summed E-state index contributed by atoms with van der Waals surface area (Å²) in [7, 11) is -2.22. The zero-order chi connectivity index (χ0) is 19.4. The molecule has 1 unspecified atom stereocenters. The summed E-state index contributed by atoms with van der Waals surface area (Å²) in [6.07, 6.45) is 3.50. The lowest BCUT2D eigenvalue weighted by Gasteiger charge is -2.28. The Kier molecular flexibility index (Phi) is 6.39. The number of nitrogens with one attached hydrogen (secondary N) is 1. The molecule has 0 aromatic heterocycles. The van der Waals surface area contributed by atoms with Crippen LogP contribution in [0.5, 0.6) is 5.75 Å². The molecule has 0 bridgehead atoms. The summed E-state index contributed by atoms with van der Waals surface area (Å²) in [5.41, 5.74) is 0.397. The van der Waals surface area contributed by atoms with Crippen LogP contribution < -0.4 is 10.1 Å². The molecule has 0 radical (unpaired) electrons. The topological polar surface area (TPSA) is 79.0 Å². The van der Waals surface area contributed by atoms with E-state index in [0.29, 0.717) is 25.2 Å². The molecule has 0 saturated carbocycles. The van der Waals surface area contributed by atoms with E-state index in [1.165, 1.54) is 17.5 Å². The van der Waals surface area contributed by atoms with Crippen LogP contribution in [-0.2, 0) is 10.0 Å². The van der Waals surface area contributed by atoms with Gasteiger partial charge in [0.25, 0.3) is 5.91 Å². The molecule has 1 N–H and O–H groups in total. The fraction of sp³-hybridized carbons (Fsp3) is 0.632. The van der Waals surface area contributed by atoms with Crippen molar-refractivity contribution in [2.45, 2.75) is 43.5 Å². The van der Waals surface area contributed by atoms with E-state index in [2.05, 4.69) is 5.32 Å². The van der Waals surface area contributed by atoms with Crippen LogP contribution in [0.15, 0.2) is 23.1 Å². The van der Waals surface area contributed by atoms with Gasteiger partial charge in [-0.2, -0.15) is 4.31 Å². The third kappa shape index (κ3) is 4.12. The molecule has 1 aromatic rings. The van der Waals surface area contributed by atoms with E-state index in [4.69, 9.17) is 4.74 Å². The number of amides is 1. The van der Waals surface area contributed by atoms with Crippen molar-refractivity contribution in [2.24, 2.45) is 0 Å². The van der Waals surface area contributed by atoms with Gasteiger partial charge in [0, 0.05) is 37.8 Å². The molecular weight excluding hydrogens is 366 g/mol. The van der Waals surface area contributed by atoms with Crippen molar-refractivity contribution < 1.29 is 17.9 Å². The Labute approximate surface area is 161 Å². The SMILES string of the molecule is CCCN(C(=O)c1ccc(OC)c(S(=O)(=O)N2CCCC2)c1)C1CCNC1. The number of carbonyl (C=O) groups excluding carboxylic acids is 1. The first-order valence-corrected chi connectivity index (χ1v) is 11.1. The maximum Gasteiger partial charge on any atom is 0.254 e. The molecule has 2 saturated heterocycles. The molecule has 2 aliphatic heterocycles. The van der Waals surface area contributed by atoms with Gasteiger partial charge in [-0.25, -0.2) is 8.42 Å². The monoisotopic (exact) mass is 395 g/mol. The van der Waals surface area contributed by atoms with Gasteiger partial charge in [0.15, 0.2) is 0 Å². The summed E-state index contributed by atoms with van der Waals surface area (Å²) in [5.74, 6) is 0.161. The molecule has 0 spiro atoms. The van der Waals surface area contributed by atoms with E-state index in [9.17, 15) is 13.2 Å². The number of nitrogens with zero attached hydrogens (tertiary/aromatic N) is 2. The highest BCUT2D eigenvalue weighted by atomic mass is 32.2. The fourth-order valence-corrected chi connectivity index (χ4v) is 5.54. The largest absolute Gasteiger partial charge is 0.495 e. The summed E-state index contributed by atoms with van der Waals surface area (Å²) in [6.45, 7) is 5.40. The average Bonchev–Trinajstić information content (AvgIpc) is 3.39. The van der Waals surface area contributed by atoms with Crippen LogP contribution in [0.4, 0.5) is 0 Å². The molecular formula is C19H29N3O4S. The minimum Gasteiger partial charge on any atom is -0.495 e. The highest BCUT2D eigenvalue weighted by Crippen LogP contribution is 2.30. The zero-order valence-electron chi connectivity index (χ0n) is 16.1. The van der Waals surface area contributed by atoms with Crippen molar-refractivity contribution in [3.8, 4) is 5.75 Å². The van der Waals surface area contributed by atoms with E-state index >= 15 is 0 Å². The van der Waals surface area contributed by atoms with Crippen LogP contribution >= 0.6 is 0 Å². The molecule has 1 amide bonds. The van der Waals surface area contributed by atoms with E-state index < -0.39 is 10.0 Å². The summed E-state index contributed by atoms with van der Waals surface area (Å²) in [4.78, 5) is 15.1. The second-order valence-corrected chi connectivity index (χ2v) is 9.03. The molecule has 8 heteroatoms. The number of rotatable bonds is 7. The van der Waals surface area contributed by atoms with Crippen LogP contribution in [-0.4, -0.2) is 69.4 Å². The Hall–Kier alpha value is -1.64. The summed E-state index contributed by atoms with van der Waals surface area (Å²) in [5, 5.41) is 3.29. The second-order valence-electron chi connectivity index (χ2n) is 7.12. The van der Waals surface area contributed by atoms with Crippen molar-refractivity contribution in [3.05, 3.63) is 23.8 Å². The summed E-state index contributed by atoms with van der Waals surface area (Å²) in [6, 6.07) is 4.89. The van der Waals surface area contributed by atoms with E-state index in [1.54, 1.807) is 12.1 Å². The van der Waals surface area contributed by atoms with Gasteiger partial charge in [0.1, 0.15) is 10.6 Å². The van der Waals surface area contributed by atoms with Gasteiger partial charge in [-0.15, -0.1) is 0 Å². The van der Waals surface area contributed by atoms with Gasteiger partial charge >= 0.3 is 0 Å². The Balaban J connectivity index is 1.95. The van der Waals surface area contributed by atoms with Crippen LogP contribution in [0.2, 0.25) is 0 Å². The van der Waals surface area contributed by atoms with Gasteiger partial charge < -0.3 is 15.0 Å². The standard InChI is InChI=1S/C19H29N3O4S/c1-3-10-22(16-8-9-20-14-16)19(23)15-6-7-17(26-2)18(13-15)27(24,25)21-11-4-5-12-21/h6-7,13,16,20H,3-5,8-12,14H2,1-2H3. The first kappa shape index (κ1) is 20.1. The molecule has 1 aromatic carbocycles. The predicted molar refractivity (Wildman–Crippen MR) is 104 cm³/mol. The Bertz CT molecular complexity index is 769. The molecule has 2 aliphatic rings. The van der Waals surface area contributed by atoms with Crippen LogP contribution in [0.3, 0.4) is 0 Å². The quantitative estimate of drug-likeness (QED) is 0.760. The van der Waals surface area contributed by atoms with Crippen LogP contribution in [0, 0.1) is 0 Å². The minimum absolute atomic E-state index is 0.0822. The third-order valence-corrected chi connectivity index (χ3v) is 7.21. The van der Waals surface area contributed by atoms with Gasteiger partial charge in [-0.3, -0.25) is 4.79 Å². The van der Waals surface area contributed by atoms with Gasteiger partial charge in [0.2, 0.25) is 10.0 Å². The number of hydrogen-bond acceptors (Lipinski definition) is 5. The molecule has 7 nitrogen and oxygen atoms in total.